The summed E-state index contributed by atoms with van der Waals surface area (Å²) >= 11 is 5.67. The molecule has 0 aliphatic rings. The molecular formula is C55H74ClF6N7O2. The molecule has 9 nitrogen and oxygen atoms in total. The van der Waals surface area contributed by atoms with Gasteiger partial charge >= 0.3 is 12.4 Å². The molecule has 71 heavy (non-hydrogen) atoms. The van der Waals surface area contributed by atoms with Crippen molar-refractivity contribution in [1.29, 1.82) is 0 Å². The first-order valence-electron chi connectivity index (χ1n) is 23.5. The quantitative estimate of drug-likeness (QED) is 0.0928. The first-order valence-corrected chi connectivity index (χ1v) is 23.9. The molecular weight excluding hydrogens is 940 g/mol. The molecule has 0 saturated heterocycles. The minimum Gasteiger partial charge on any atom is -0.489 e. The molecule has 0 radical (unpaired) electrons. The highest BCUT2D eigenvalue weighted by Crippen LogP contribution is 2.33. The Morgan fingerprint density at radius 3 is 1.59 bits per heavy atom. The molecule has 0 fully saturated rings. The average Bonchev–Trinajstić information content (AvgIpc) is 3.33. The highest BCUT2D eigenvalue weighted by molar-refractivity contribution is 6.31. The van der Waals surface area contributed by atoms with Crippen LogP contribution in [0.15, 0.2) is 110 Å². The lowest BCUT2D eigenvalue weighted by Crippen LogP contribution is -2.25. The molecule has 0 atom stereocenters. The van der Waals surface area contributed by atoms with Crippen LogP contribution in [0.25, 0.3) is 0 Å². The van der Waals surface area contributed by atoms with E-state index in [0.717, 1.165) is 36.6 Å². The number of halogens is 7. The second-order valence-corrected chi connectivity index (χ2v) is 18.1. The number of hydrogen-bond donors (Lipinski definition) is 0. The maximum atomic E-state index is 12.4. The summed E-state index contributed by atoms with van der Waals surface area (Å²) in [6, 6.07) is 18.9. The van der Waals surface area contributed by atoms with E-state index in [-0.39, 0.29) is 23.3 Å². The minimum atomic E-state index is -4.40. The lowest BCUT2D eigenvalue weighted by Gasteiger charge is -2.22. The molecule has 6 heterocycles. The van der Waals surface area contributed by atoms with Crippen LogP contribution >= 0.6 is 11.6 Å². The lowest BCUT2D eigenvalue weighted by atomic mass is 10.0. The van der Waals surface area contributed by atoms with E-state index in [9.17, 15) is 26.3 Å². The van der Waals surface area contributed by atoms with Crippen LogP contribution in [0.1, 0.15) is 150 Å². The van der Waals surface area contributed by atoms with Gasteiger partial charge in [-0.2, -0.15) is 26.3 Å². The summed E-state index contributed by atoms with van der Waals surface area (Å²) < 4.78 is 83.6. The van der Waals surface area contributed by atoms with Crippen molar-refractivity contribution in [2.45, 2.75) is 138 Å². The van der Waals surface area contributed by atoms with E-state index in [1.807, 2.05) is 57.7 Å². The zero-order valence-electron chi connectivity index (χ0n) is 44.0. The fraction of sp³-hybridized carbons (Fsp3) is 0.455. The highest BCUT2D eigenvalue weighted by atomic mass is 35.5. The summed E-state index contributed by atoms with van der Waals surface area (Å²) in [5.74, 6) is 1.95. The maximum Gasteiger partial charge on any atom is 0.418 e. The number of anilines is 1. The number of pyridine rings is 6. The SMILES string of the molecule is CC(C)N(C)c1cccnc1.CC(C)c1cccnc1.CC(C)c1ncc(C(F)(F)F)cc1Cl.CCc1cc(C(C)C)ccn1.COCCOc1cc(C(F)(F)F)cnc1C.Cc1ccc(C(C)C)cn1. The monoisotopic (exact) mass is 1010 g/mol. The molecule has 0 N–H and O–H groups in total. The van der Waals surface area contributed by atoms with Gasteiger partial charge in [0.15, 0.2) is 0 Å². The van der Waals surface area contributed by atoms with E-state index >= 15 is 0 Å². The zero-order chi connectivity index (χ0) is 53.9. The summed E-state index contributed by atoms with van der Waals surface area (Å²) in [6.45, 7) is 27.3. The van der Waals surface area contributed by atoms with Gasteiger partial charge in [-0.1, -0.05) is 86.0 Å². The van der Waals surface area contributed by atoms with Gasteiger partial charge in [0.2, 0.25) is 0 Å². The maximum absolute atomic E-state index is 12.4. The van der Waals surface area contributed by atoms with Crippen LogP contribution < -0.4 is 9.64 Å². The zero-order valence-corrected chi connectivity index (χ0v) is 44.7. The van der Waals surface area contributed by atoms with Crippen LogP contribution in [0.2, 0.25) is 5.02 Å². The molecule has 6 rings (SSSR count). The van der Waals surface area contributed by atoms with E-state index in [2.05, 4.69) is 141 Å². The van der Waals surface area contributed by atoms with Crippen molar-refractivity contribution < 1.29 is 35.8 Å². The molecule has 6 aromatic heterocycles. The van der Waals surface area contributed by atoms with Gasteiger partial charge in [-0.05, 0) is 123 Å². The molecule has 0 saturated carbocycles. The number of aryl methyl sites for hydroxylation is 3. The Hall–Kier alpha value is -5.67. The number of methoxy groups -OCH3 is 1. The predicted octanol–water partition coefficient (Wildman–Crippen LogP) is 15.7. The van der Waals surface area contributed by atoms with Crippen molar-refractivity contribution >= 4 is 17.3 Å². The van der Waals surface area contributed by atoms with E-state index in [1.54, 1.807) is 19.3 Å². The second kappa shape index (κ2) is 32.3. The molecule has 0 spiro atoms. The van der Waals surface area contributed by atoms with Crippen molar-refractivity contribution in [3.63, 3.8) is 0 Å². The van der Waals surface area contributed by atoms with Crippen molar-refractivity contribution in [3.05, 3.63) is 166 Å². The average molecular weight is 1010 g/mol. The fourth-order valence-electron chi connectivity index (χ4n) is 5.53. The molecule has 390 valence electrons. The van der Waals surface area contributed by atoms with Crippen LogP contribution in [-0.2, 0) is 23.5 Å². The summed E-state index contributed by atoms with van der Waals surface area (Å²) in [5, 5.41) is 0.0647. The van der Waals surface area contributed by atoms with Gasteiger partial charge in [0.1, 0.15) is 12.4 Å². The van der Waals surface area contributed by atoms with Crippen LogP contribution in [0, 0.1) is 13.8 Å². The first kappa shape index (κ1) is 63.3. The Balaban J connectivity index is 0.000000430. The summed E-state index contributed by atoms with van der Waals surface area (Å²) in [5.41, 5.74) is 6.73. The van der Waals surface area contributed by atoms with Gasteiger partial charge in [-0.15, -0.1) is 0 Å². The fourth-order valence-corrected chi connectivity index (χ4v) is 5.91. The van der Waals surface area contributed by atoms with Crippen molar-refractivity contribution in [2.24, 2.45) is 0 Å². The molecule has 0 aliphatic heterocycles. The van der Waals surface area contributed by atoms with Crippen molar-refractivity contribution in [2.75, 3.05) is 32.3 Å². The Labute approximate surface area is 423 Å². The number of aromatic nitrogens is 6. The van der Waals surface area contributed by atoms with Gasteiger partial charge in [0.25, 0.3) is 0 Å². The number of hydrogen-bond acceptors (Lipinski definition) is 9. The second-order valence-electron chi connectivity index (χ2n) is 17.7. The summed E-state index contributed by atoms with van der Waals surface area (Å²) in [7, 11) is 3.56. The Bertz CT molecular complexity index is 2350. The van der Waals surface area contributed by atoms with E-state index < -0.39 is 23.5 Å². The molecule has 0 aliphatic carbocycles. The normalized spacial score (nSPS) is 11.0. The van der Waals surface area contributed by atoms with Gasteiger partial charge in [-0.3, -0.25) is 29.9 Å². The predicted molar refractivity (Wildman–Crippen MR) is 277 cm³/mol. The number of alkyl halides is 6. The summed E-state index contributed by atoms with van der Waals surface area (Å²) in [4.78, 5) is 26.0. The van der Waals surface area contributed by atoms with Gasteiger partial charge < -0.3 is 14.4 Å². The van der Waals surface area contributed by atoms with Crippen LogP contribution in [-0.4, -0.2) is 63.3 Å². The topological polar surface area (TPSA) is 99.0 Å². The van der Waals surface area contributed by atoms with Crippen LogP contribution in [0.5, 0.6) is 5.75 Å². The van der Waals surface area contributed by atoms with Gasteiger partial charge in [-0.25, -0.2) is 0 Å². The number of rotatable bonds is 11. The molecule has 6 aromatic rings. The van der Waals surface area contributed by atoms with E-state index in [1.165, 1.54) is 35.2 Å². The van der Waals surface area contributed by atoms with Crippen molar-refractivity contribution in [1.82, 2.24) is 29.9 Å². The Morgan fingerprint density at radius 1 is 0.592 bits per heavy atom. The first-order chi connectivity index (χ1) is 33.2. The third-order valence-corrected chi connectivity index (χ3v) is 10.6. The van der Waals surface area contributed by atoms with Crippen LogP contribution in [0.3, 0.4) is 0 Å². The largest absolute Gasteiger partial charge is 0.489 e. The standard InChI is InChI=1S/C10H12F3NO2.C10H15N.C9H9ClF3N.C9H14N2.C9H13N.C8H11N/c1-7-9(16-4-3-15-2)5-8(6-14-7)10(11,12)13;1-4-10-7-9(8(2)3)5-6-11-10;1-5(2)8-7(10)3-6(4-14-8)9(11,12)13;1-8(2)11(3)9-5-4-6-10-7-9;1-7(2)9-5-4-8(3)10-6-9;1-7(2)8-4-3-5-9-6-8/h5-6H,3-4H2,1-2H3;5-8H,4H2,1-3H3;3-5H,1-2H3;4-8H,1-3H3;4-7H,1-3H3;3-7H,1-2H3. The molecule has 0 bridgehead atoms. The molecule has 0 amide bonds. The lowest BCUT2D eigenvalue weighted by molar-refractivity contribution is -0.138. The number of nitrogens with zero attached hydrogens (tertiary/aromatic N) is 7. The Kier molecular flexibility index (Phi) is 28.8. The van der Waals surface area contributed by atoms with Crippen molar-refractivity contribution in [3.8, 4) is 5.75 Å². The molecule has 0 unspecified atom stereocenters. The Morgan fingerprint density at radius 2 is 1.15 bits per heavy atom. The van der Waals surface area contributed by atoms with E-state index in [4.69, 9.17) is 21.1 Å². The van der Waals surface area contributed by atoms with Crippen LogP contribution in [0.4, 0.5) is 32.0 Å². The highest BCUT2D eigenvalue weighted by Gasteiger charge is 2.32. The molecule has 16 heteroatoms. The third-order valence-electron chi connectivity index (χ3n) is 10.3. The third kappa shape index (κ3) is 25.3. The number of ether oxygens (including phenoxy) is 2. The smallest absolute Gasteiger partial charge is 0.418 e. The molecule has 0 aromatic carbocycles. The van der Waals surface area contributed by atoms with Gasteiger partial charge in [0.05, 0.1) is 46.0 Å². The minimum absolute atomic E-state index is 0.0183. The summed E-state index contributed by atoms with van der Waals surface area (Å²) in [6.07, 6.45) is 5.05. The van der Waals surface area contributed by atoms with E-state index in [0.29, 0.717) is 41.8 Å². The van der Waals surface area contributed by atoms with Gasteiger partial charge in [0, 0.05) is 75.0 Å².